The molecule has 0 fully saturated rings. The van der Waals surface area contributed by atoms with Gasteiger partial charge < -0.3 is 9.64 Å². The first-order valence-electron chi connectivity index (χ1n) is 7.71. The molecular weight excluding hydrogens is 331 g/mol. The van der Waals surface area contributed by atoms with Crippen molar-refractivity contribution in [2.45, 2.75) is 26.8 Å². The van der Waals surface area contributed by atoms with E-state index in [1.165, 1.54) is 35.6 Å². The van der Waals surface area contributed by atoms with Gasteiger partial charge in [-0.3, -0.25) is 4.79 Å². The van der Waals surface area contributed by atoms with Gasteiger partial charge in [0.15, 0.2) is 5.69 Å². The molecule has 0 aliphatic carbocycles. The van der Waals surface area contributed by atoms with E-state index in [0.29, 0.717) is 23.7 Å². The highest BCUT2D eigenvalue weighted by Crippen LogP contribution is 2.16. The molecule has 2 aromatic rings. The van der Waals surface area contributed by atoms with Crippen molar-refractivity contribution >= 4 is 23.2 Å². The van der Waals surface area contributed by atoms with Gasteiger partial charge in [0.05, 0.1) is 13.2 Å². The van der Waals surface area contributed by atoms with Crippen LogP contribution in [0.4, 0.5) is 4.39 Å². The second kappa shape index (κ2) is 8.54. The van der Waals surface area contributed by atoms with E-state index in [0.717, 1.165) is 6.42 Å². The van der Waals surface area contributed by atoms with E-state index in [-0.39, 0.29) is 24.0 Å². The van der Waals surface area contributed by atoms with Crippen molar-refractivity contribution in [3.05, 3.63) is 51.7 Å². The third-order valence-corrected chi connectivity index (χ3v) is 4.07. The molecule has 24 heavy (non-hydrogen) atoms. The van der Waals surface area contributed by atoms with Crippen LogP contribution in [0.25, 0.3) is 0 Å². The summed E-state index contributed by atoms with van der Waals surface area (Å²) in [4.78, 5) is 30.1. The van der Waals surface area contributed by atoms with Crippen molar-refractivity contribution in [3.63, 3.8) is 0 Å². The third-order valence-electron chi connectivity index (χ3n) is 3.23. The number of benzene rings is 1. The minimum atomic E-state index is -0.466. The van der Waals surface area contributed by atoms with Crippen molar-refractivity contribution in [1.82, 2.24) is 9.88 Å². The molecule has 128 valence electrons. The molecule has 2 rings (SSSR count). The summed E-state index contributed by atoms with van der Waals surface area (Å²) in [6.45, 7) is 4.84. The number of aromatic nitrogens is 1. The number of ether oxygens (including phenoxy) is 1. The topological polar surface area (TPSA) is 59.5 Å². The smallest absolute Gasteiger partial charge is 0.357 e. The number of carbonyl (C=O) groups excluding carboxylic acids is 2. The van der Waals surface area contributed by atoms with Crippen molar-refractivity contribution in [1.29, 1.82) is 0 Å². The molecule has 5 nitrogen and oxygen atoms in total. The average molecular weight is 350 g/mol. The molecule has 1 heterocycles. The molecule has 0 atom stereocenters. The highest BCUT2D eigenvalue weighted by molar-refractivity contribution is 7.09. The van der Waals surface area contributed by atoms with Crippen LogP contribution in [0.15, 0.2) is 29.6 Å². The zero-order valence-electron chi connectivity index (χ0n) is 13.6. The normalized spacial score (nSPS) is 10.5. The van der Waals surface area contributed by atoms with Gasteiger partial charge in [0, 0.05) is 17.5 Å². The molecule has 0 radical (unpaired) electrons. The summed E-state index contributed by atoms with van der Waals surface area (Å²) in [6.07, 6.45) is 0.781. The molecule has 7 heteroatoms. The van der Waals surface area contributed by atoms with E-state index in [2.05, 4.69) is 4.98 Å². The minimum absolute atomic E-state index is 0.190. The maximum absolute atomic E-state index is 13.0. The van der Waals surface area contributed by atoms with Crippen molar-refractivity contribution in [2.75, 3.05) is 13.2 Å². The fourth-order valence-electron chi connectivity index (χ4n) is 2.14. The number of hydrogen-bond acceptors (Lipinski definition) is 5. The van der Waals surface area contributed by atoms with E-state index in [1.54, 1.807) is 17.2 Å². The molecule has 0 aliphatic rings. The Morgan fingerprint density at radius 2 is 1.96 bits per heavy atom. The van der Waals surface area contributed by atoms with Gasteiger partial charge in [0.2, 0.25) is 0 Å². The summed E-state index contributed by atoms with van der Waals surface area (Å²) in [7, 11) is 0. The van der Waals surface area contributed by atoms with Gasteiger partial charge >= 0.3 is 5.97 Å². The third kappa shape index (κ3) is 4.61. The molecule has 1 aromatic carbocycles. The monoisotopic (exact) mass is 350 g/mol. The molecule has 0 N–H and O–H groups in total. The van der Waals surface area contributed by atoms with Crippen LogP contribution in [-0.2, 0) is 11.3 Å². The number of nitrogens with zero attached hydrogens (tertiary/aromatic N) is 2. The van der Waals surface area contributed by atoms with Crippen molar-refractivity contribution in [2.24, 2.45) is 0 Å². The number of rotatable bonds is 7. The maximum Gasteiger partial charge on any atom is 0.357 e. The largest absolute Gasteiger partial charge is 0.461 e. The summed E-state index contributed by atoms with van der Waals surface area (Å²) in [6, 6.07) is 5.46. The van der Waals surface area contributed by atoms with Crippen LogP contribution in [0, 0.1) is 5.82 Å². The Balaban J connectivity index is 2.12. The predicted molar refractivity (Wildman–Crippen MR) is 89.5 cm³/mol. The van der Waals surface area contributed by atoms with Crippen LogP contribution < -0.4 is 0 Å². The molecular formula is C17H19FN2O3S. The summed E-state index contributed by atoms with van der Waals surface area (Å²) >= 11 is 1.31. The van der Waals surface area contributed by atoms with Crippen LogP contribution in [-0.4, -0.2) is 34.9 Å². The van der Waals surface area contributed by atoms with Crippen LogP contribution in [0.5, 0.6) is 0 Å². The van der Waals surface area contributed by atoms with Gasteiger partial charge in [-0.1, -0.05) is 6.92 Å². The first kappa shape index (κ1) is 18.1. The first-order valence-corrected chi connectivity index (χ1v) is 8.59. The second-order valence-electron chi connectivity index (χ2n) is 5.08. The van der Waals surface area contributed by atoms with E-state index in [9.17, 15) is 14.0 Å². The lowest BCUT2D eigenvalue weighted by molar-refractivity contribution is 0.0520. The van der Waals surface area contributed by atoms with Crippen LogP contribution in [0.2, 0.25) is 0 Å². The van der Waals surface area contributed by atoms with Gasteiger partial charge in [-0.15, -0.1) is 11.3 Å². The van der Waals surface area contributed by atoms with Gasteiger partial charge in [-0.05, 0) is 37.6 Å². The summed E-state index contributed by atoms with van der Waals surface area (Å²) in [5.41, 5.74) is 0.676. The summed E-state index contributed by atoms with van der Waals surface area (Å²) in [5.74, 6) is -1.04. The van der Waals surface area contributed by atoms with E-state index >= 15 is 0 Å². The summed E-state index contributed by atoms with van der Waals surface area (Å²) in [5, 5.41) is 2.28. The Labute approximate surface area is 144 Å². The highest BCUT2D eigenvalue weighted by atomic mass is 32.1. The Morgan fingerprint density at radius 1 is 1.25 bits per heavy atom. The second-order valence-corrected chi connectivity index (χ2v) is 6.02. The number of carbonyl (C=O) groups is 2. The van der Waals surface area contributed by atoms with Gasteiger partial charge in [-0.2, -0.15) is 0 Å². The number of amides is 1. The molecule has 0 aliphatic heterocycles. The van der Waals surface area contributed by atoms with Crippen LogP contribution in [0.1, 0.15) is 46.1 Å². The van der Waals surface area contributed by atoms with Crippen LogP contribution in [0.3, 0.4) is 0 Å². The van der Waals surface area contributed by atoms with Crippen LogP contribution >= 0.6 is 11.3 Å². The minimum Gasteiger partial charge on any atom is -0.461 e. The highest BCUT2D eigenvalue weighted by Gasteiger charge is 2.18. The number of halogens is 1. The fraction of sp³-hybridized carbons (Fsp3) is 0.353. The lowest BCUT2D eigenvalue weighted by Gasteiger charge is -2.21. The van der Waals surface area contributed by atoms with E-state index in [4.69, 9.17) is 4.74 Å². The SMILES string of the molecule is CCCN(Cc1nc(C(=O)OCC)cs1)C(=O)c1ccc(F)cc1. The number of esters is 1. The van der Waals surface area contributed by atoms with Gasteiger partial charge in [0.1, 0.15) is 10.8 Å². The Kier molecular flexibility index (Phi) is 6.43. The Hall–Kier alpha value is -2.28. The molecule has 0 bridgehead atoms. The molecule has 1 aromatic heterocycles. The zero-order chi connectivity index (χ0) is 17.5. The fourth-order valence-corrected chi connectivity index (χ4v) is 2.92. The molecule has 1 amide bonds. The molecule has 0 saturated heterocycles. The van der Waals surface area contributed by atoms with Gasteiger partial charge in [-0.25, -0.2) is 14.2 Å². The quantitative estimate of drug-likeness (QED) is 0.717. The molecule has 0 spiro atoms. The molecule has 0 unspecified atom stereocenters. The lowest BCUT2D eigenvalue weighted by Crippen LogP contribution is -2.31. The first-order chi connectivity index (χ1) is 11.5. The van der Waals surface area contributed by atoms with E-state index in [1.807, 2.05) is 6.92 Å². The van der Waals surface area contributed by atoms with Gasteiger partial charge in [0.25, 0.3) is 5.91 Å². The van der Waals surface area contributed by atoms with Crippen molar-refractivity contribution < 1.29 is 18.7 Å². The van der Waals surface area contributed by atoms with E-state index < -0.39 is 5.97 Å². The average Bonchev–Trinajstić information content (AvgIpc) is 3.03. The predicted octanol–water partition coefficient (Wildman–Crippen LogP) is 3.51. The lowest BCUT2D eigenvalue weighted by atomic mass is 10.2. The number of hydrogen-bond donors (Lipinski definition) is 0. The van der Waals surface area contributed by atoms with Crippen molar-refractivity contribution in [3.8, 4) is 0 Å². The molecule has 0 saturated carbocycles. The number of thiazole rings is 1. The summed E-state index contributed by atoms with van der Waals surface area (Å²) < 4.78 is 17.9. The maximum atomic E-state index is 13.0. The zero-order valence-corrected chi connectivity index (χ0v) is 14.4. The standard InChI is InChI=1S/C17H19FN2O3S/c1-3-9-20(16(21)12-5-7-13(18)8-6-12)10-15-19-14(11-24-15)17(22)23-4-2/h5-8,11H,3-4,9-10H2,1-2H3. The Morgan fingerprint density at radius 3 is 2.58 bits per heavy atom. The Bertz CT molecular complexity index is 700.